The van der Waals surface area contributed by atoms with Gasteiger partial charge in [-0.1, -0.05) is 6.92 Å². The second kappa shape index (κ2) is 7.94. The number of guanidine groups is 1. The first-order valence-electron chi connectivity index (χ1n) is 8.07. The molecule has 1 atom stereocenters. The van der Waals surface area contributed by atoms with Crippen LogP contribution in [0.4, 0.5) is 4.39 Å². The third kappa shape index (κ3) is 4.67. The lowest BCUT2D eigenvalue weighted by molar-refractivity contribution is 0.270. The first-order valence-corrected chi connectivity index (χ1v) is 9.51. The van der Waals surface area contributed by atoms with Crippen LogP contribution in [0.25, 0.3) is 0 Å². The zero-order valence-electron chi connectivity index (χ0n) is 14.2. The first kappa shape index (κ1) is 18.7. The van der Waals surface area contributed by atoms with E-state index in [1.165, 1.54) is 29.9 Å². The van der Waals surface area contributed by atoms with Gasteiger partial charge in [-0.25, -0.2) is 12.8 Å². The average molecular weight is 356 g/mol. The molecule has 0 aromatic heterocycles. The van der Waals surface area contributed by atoms with Crippen molar-refractivity contribution in [1.82, 2.24) is 9.21 Å². The smallest absolute Gasteiger partial charge is 0.242 e. The first-order chi connectivity index (χ1) is 11.3. The Morgan fingerprint density at radius 1 is 1.42 bits per heavy atom. The lowest BCUT2D eigenvalue weighted by Gasteiger charge is -2.31. The Morgan fingerprint density at radius 3 is 2.71 bits per heavy atom. The van der Waals surface area contributed by atoms with Crippen LogP contribution in [0, 0.1) is 11.7 Å². The van der Waals surface area contributed by atoms with Gasteiger partial charge < -0.3 is 10.6 Å². The highest BCUT2D eigenvalue weighted by atomic mass is 32.2. The van der Waals surface area contributed by atoms with E-state index in [2.05, 4.69) is 11.9 Å². The predicted molar refractivity (Wildman–Crippen MR) is 92.7 cm³/mol. The molecular formula is C16H25FN4O2S. The summed E-state index contributed by atoms with van der Waals surface area (Å²) in [6, 6.07) is 4.78. The summed E-state index contributed by atoms with van der Waals surface area (Å²) in [5, 5.41) is 0. The van der Waals surface area contributed by atoms with Gasteiger partial charge in [0.15, 0.2) is 5.96 Å². The Kier molecular flexibility index (Phi) is 6.17. The SMILES string of the molecule is CC1CCCN(C(N)=NCCN(C)S(=O)(=O)c2ccc(F)cc2)C1. The minimum atomic E-state index is -3.64. The maximum Gasteiger partial charge on any atom is 0.242 e. The molecule has 2 N–H and O–H groups in total. The lowest BCUT2D eigenvalue weighted by Crippen LogP contribution is -2.43. The molecule has 6 nitrogen and oxygen atoms in total. The molecule has 0 saturated carbocycles. The zero-order valence-corrected chi connectivity index (χ0v) is 15.0. The molecule has 1 aliphatic heterocycles. The number of likely N-dealkylation sites (N-methyl/N-ethyl adjacent to an activating group) is 1. The topological polar surface area (TPSA) is 79.0 Å². The van der Waals surface area contributed by atoms with Crippen molar-refractivity contribution >= 4 is 16.0 Å². The third-order valence-corrected chi connectivity index (χ3v) is 6.06. The highest BCUT2D eigenvalue weighted by molar-refractivity contribution is 7.89. The van der Waals surface area contributed by atoms with E-state index in [1.54, 1.807) is 0 Å². The van der Waals surface area contributed by atoms with E-state index in [0.29, 0.717) is 11.9 Å². The maximum atomic E-state index is 12.9. The van der Waals surface area contributed by atoms with Crippen molar-refractivity contribution in [2.75, 3.05) is 33.2 Å². The predicted octanol–water partition coefficient (Wildman–Crippen LogP) is 1.49. The number of halogens is 1. The Labute approximate surface area is 143 Å². The number of nitrogens with zero attached hydrogens (tertiary/aromatic N) is 3. The van der Waals surface area contributed by atoms with Crippen LogP contribution in [0.1, 0.15) is 19.8 Å². The molecule has 1 aromatic rings. The van der Waals surface area contributed by atoms with Gasteiger partial charge in [0, 0.05) is 26.7 Å². The van der Waals surface area contributed by atoms with Crippen LogP contribution in [-0.2, 0) is 10.0 Å². The number of rotatable bonds is 5. The van der Waals surface area contributed by atoms with Gasteiger partial charge in [-0.3, -0.25) is 4.99 Å². The van der Waals surface area contributed by atoms with Gasteiger partial charge in [0.05, 0.1) is 11.4 Å². The van der Waals surface area contributed by atoms with Crippen molar-refractivity contribution in [3.05, 3.63) is 30.1 Å². The van der Waals surface area contributed by atoms with Crippen LogP contribution in [0.15, 0.2) is 34.2 Å². The highest BCUT2D eigenvalue weighted by Crippen LogP contribution is 2.16. The number of nitrogens with two attached hydrogens (primary N) is 1. The normalized spacial score (nSPS) is 19.8. The minimum Gasteiger partial charge on any atom is -0.370 e. The third-order valence-electron chi connectivity index (χ3n) is 4.19. The molecule has 0 radical (unpaired) electrons. The molecule has 0 aliphatic carbocycles. The van der Waals surface area contributed by atoms with Crippen LogP contribution >= 0.6 is 0 Å². The van der Waals surface area contributed by atoms with Gasteiger partial charge in [-0.2, -0.15) is 4.31 Å². The Bertz CT molecular complexity index is 676. The molecule has 1 saturated heterocycles. The number of aliphatic imine (C=N–C) groups is 1. The quantitative estimate of drug-likeness (QED) is 0.640. The van der Waals surface area contributed by atoms with Gasteiger partial charge in [-0.05, 0) is 43.0 Å². The van der Waals surface area contributed by atoms with Crippen molar-refractivity contribution in [3.63, 3.8) is 0 Å². The number of benzene rings is 1. The Hall–Kier alpha value is -1.67. The van der Waals surface area contributed by atoms with Crippen LogP contribution in [0.2, 0.25) is 0 Å². The van der Waals surface area contributed by atoms with Crippen LogP contribution < -0.4 is 5.73 Å². The summed E-state index contributed by atoms with van der Waals surface area (Å²) in [6.07, 6.45) is 2.29. The van der Waals surface area contributed by atoms with Crippen LogP contribution in [0.5, 0.6) is 0 Å². The maximum absolute atomic E-state index is 12.9. The molecule has 0 amide bonds. The number of hydrogen-bond donors (Lipinski definition) is 1. The number of sulfonamides is 1. The molecule has 1 aromatic carbocycles. The molecule has 1 heterocycles. The van der Waals surface area contributed by atoms with E-state index >= 15 is 0 Å². The minimum absolute atomic E-state index is 0.0632. The van der Waals surface area contributed by atoms with Crippen molar-refractivity contribution in [1.29, 1.82) is 0 Å². The summed E-state index contributed by atoms with van der Waals surface area (Å²) >= 11 is 0. The highest BCUT2D eigenvalue weighted by Gasteiger charge is 2.21. The largest absolute Gasteiger partial charge is 0.370 e. The van der Waals surface area contributed by atoms with Gasteiger partial charge in [0.1, 0.15) is 5.82 Å². The molecule has 24 heavy (non-hydrogen) atoms. The number of likely N-dealkylation sites (tertiary alicyclic amines) is 1. The van der Waals surface area contributed by atoms with Crippen LogP contribution in [-0.4, -0.2) is 56.8 Å². The summed E-state index contributed by atoms with van der Waals surface area (Å²) in [7, 11) is -2.16. The van der Waals surface area contributed by atoms with Crippen LogP contribution in [0.3, 0.4) is 0 Å². The van der Waals surface area contributed by atoms with E-state index in [9.17, 15) is 12.8 Å². The summed E-state index contributed by atoms with van der Waals surface area (Å²) in [4.78, 5) is 6.41. The van der Waals surface area contributed by atoms with E-state index in [4.69, 9.17) is 5.73 Å². The number of piperidine rings is 1. The lowest BCUT2D eigenvalue weighted by atomic mass is 10.0. The molecule has 134 valence electrons. The van der Waals surface area contributed by atoms with Crippen molar-refractivity contribution in [3.8, 4) is 0 Å². The molecule has 1 unspecified atom stereocenters. The van der Waals surface area contributed by atoms with E-state index in [1.807, 2.05) is 4.90 Å². The second-order valence-corrected chi connectivity index (χ2v) is 8.26. The monoisotopic (exact) mass is 356 g/mol. The van der Waals surface area contributed by atoms with E-state index in [0.717, 1.165) is 31.6 Å². The standard InChI is InChI=1S/C16H25FN4O2S/c1-13-4-3-10-21(12-13)16(18)19-9-11-20(2)24(22,23)15-7-5-14(17)6-8-15/h5-8,13H,3-4,9-12H2,1-2H3,(H2,18,19). The molecular weight excluding hydrogens is 331 g/mol. The Morgan fingerprint density at radius 2 is 2.08 bits per heavy atom. The van der Waals surface area contributed by atoms with Crippen molar-refractivity contribution < 1.29 is 12.8 Å². The van der Waals surface area contributed by atoms with Gasteiger partial charge >= 0.3 is 0 Å². The fourth-order valence-electron chi connectivity index (χ4n) is 2.71. The summed E-state index contributed by atoms with van der Waals surface area (Å²) < 4.78 is 38.9. The molecule has 2 rings (SSSR count). The van der Waals surface area contributed by atoms with Gasteiger partial charge in [0.25, 0.3) is 0 Å². The second-order valence-electron chi connectivity index (χ2n) is 6.21. The molecule has 1 aliphatic rings. The molecule has 1 fully saturated rings. The van der Waals surface area contributed by atoms with Gasteiger partial charge in [-0.15, -0.1) is 0 Å². The number of hydrogen-bond acceptors (Lipinski definition) is 3. The zero-order chi connectivity index (χ0) is 17.7. The summed E-state index contributed by atoms with van der Waals surface area (Å²) in [5.74, 6) is 0.591. The molecule has 0 spiro atoms. The fraction of sp³-hybridized carbons (Fsp3) is 0.562. The average Bonchev–Trinajstić information content (AvgIpc) is 2.55. The summed E-state index contributed by atoms with van der Waals surface area (Å²) in [5.41, 5.74) is 6.00. The molecule has 8 heteroatoms. The van der Waals surface area contributed by atoms with Crippen molar-refractivity contribution in [2.24, 2.45) is 16.6 Å². The van der Waals surface area contributed by atoms with Gasteiger partial charge in [0.2, 0.25) is 10.0 Å². The fourth-order valence-corrected chi connectivity index (χ4v) is 3.87. The molecule has 0 bridgehead atoms. The van der Waals surface area contributed by atoms with Crippen molar-refractivity contribution in [2.45, 2.75) is 24.7 Å². The Balaban J connectivity index is 1.93. The summed E-state index contributed by atoms with van der Waals surface area (Å²) in [6.45, 7) is 4.46. The van der Waals surface area contributed by atoms with E-state index in [-0.39, 0.29) is 18.0 Å². The van der Waals surface area contributed by atoms with E-state index < -0.39 is 15.8 Å².